The van der Waals surface area contributed by atoms with Crippen molar-refractivity contribution < 1.29 is 26.4 Å². The fourth-order valence-electron chi connectivity index (χ4n) is 3.61. The first-order valence-electron chi connectivity index (χ1n) is 10.2. The molecule has 0 heterocycles. The summed E-state index contributed by atoms with van der Waals surface area (Å²) in [6, 6.07) is 22.6. The fraction of sp³-hybridized carbons (Fsp3) is 0.0800. The van der Waals surface area contributed by atoms with E-state index in [0.717, 1.165) is 16.8 Å². The summed E-state index contributed by atoms with van der Waals surface area (Å²) in [7, 11) is -4.53. The number of rotatable bonds is 6. The van der Waals surface area contributed by atoms with Gasteiger partial charge in [0.1, 0.15) is 4.90 Å². The van der Waals surface area contributed by atoms with Crippen LogP contribution in [-0.4, -0.2) is 20.9 Å². The van der Waals surface area contributed by atoms with Crippen LogP contribution in [-0.2, 0) is 20.8 Å². The van der Waals surface area contributed by atoms with Crippen LogP contribution in [0.25, 0.3) is 10.8 Å². The van der Waals surface area contributed by atoms with Crippen LogP contribution < -0.4 is 10.6 Å². The summed E-state index contributed by atoms with van der Waals surface area (Å²) in [6.45, 7) is -0.443. The molecule has 0 unspecified atom stereocenters. The summed E-state index contributed by atoms with van der Waals surface area (Å²) in [5, 5.41) is 7.00. The smallest absolute Gasteiger partial charge is 0.375 e. The van der Waals surface area contributed by atoms with Gasteiger partial charge in [0, 0.05) is 11.1 Å². The van der Waals surface area contributed by atoms with E-state index in [9.17, 15) is 26.4 Å². The van der Waals surface area contributed by atoms with Crippen LogP contribution in [0.4, 0.5) is 24.5 Å². The Bertz CT molecular complexity index is 1450. The number of fused-ring (bicyclic) bond motifs is 1. The Morgan fingerprint density at radius 1 is 0.765 bits per heavy atom. The largest absolute Gasteiger partial charge is 0.417 e. The summed E-state index contributed by atoms with van der Waals surface area (Å²) in [6.07, 6.45) is -4.92. The standard InChI is InChI=1S/C25H19F3N2O3S/c26-25(27,28)20-13-7-15-22(24(20)34(32,33)18-10-2-1-3-11-18)29-16-23(31)30-21-14-6-9-17-8-4-5-12-19(17)21/h1-15,29H,16H2,(H,30,31). The quantitative estimate of drug-likeness (QED) is 0.366. The molecule has 174 valence electrons. The second-order valence-corrected chi connectivity index (χ2v) is 9.31. The Balaban J connectivity index is 1.65. The van der Waals surface area contributed by atoms with Crippen molar-refractivity contribution in [2.45, 2.75) is 16.0 Å². The van der Waals surface area contributed by atoms with Crippen molar-refractivity contribution in [2.75, 3.05) is 17.2 Å². The number of sulfone groups is 1. The van der Waals surface area contributed by atoms with E-state index in [0.29, 0.717) is 11.8 Å². The molecule has 0 aliphatic carbocycles. The van der Waals surface area contributed by atoms with E-state index in [4.69, 9.17) is 0 Å². The lowest BCUT2D eigenvalue weighted by Gasteiger charge is -2.18. The lowest BCUT2D eigenvalue weighted by atomic mass is 10.1. The Morgan fingerprint density at radius 3 is 2.12 bits per heavy atom. The molecule has 1 amide bonds. The molecule has 4 rings (SSSR count). The predicted octanol–water partition coefficient (Wildman–Crippen LogP) is 5.74. The average Bonchev–Trinajstić information content (AvgIpc) is 2.83. The summed E-state index contributed by atoms with van der Waals surface area (Å²) < 4.78 is 67.5. The number of carbonyl (C=O) groups excluding carboxylic acids is 1. The maximum absolute atomic E-state index is 13.7. The summed E-state index contributed by atoms with van der Waals surface area (Å²) >= 11 is 0. The van der Waals surface area contributed by atoms with Crippen molar-refractivity contribution in [1.82, 2.24) is 0 Å². The molecule has 0 spiro atoms. The van der Waals surface area contributed by atoms with Crippen LogP contribution in [0.2, 0.25) is 0 Å². The van der Waals surface area contributed by atoms with Crippen molar-refractivity contribution in [3.8, 4) is 0 Å². The summed E-state index contributed by atoms with van der Waals surface area (Å²) in [5.41, 5.74) is -1.09. The number of nitrogens with one attached hydrogen (secondary N) is 2. The number of carbonyl (C=O) groups is 1. The van der Waals surface area contributed by atoms with Gasteiger partial charge in [-0.15, -0.1) is 0 Å². The predicted molar refractivity (Wildman–Crippen MR) is 124 cm³/mol. The topological polar surface area (TPSA) is 75.3 Å². The summed E-state index contributed by atoms with van der Waals surface area (Å²) in [4.78, 5) is 11.4. The number of anilines is 2. The Labute approximate surface area is 194 Å². The van der Waals surface area contributed by atoms with Gasteiger partial charge in [0.25, 0.3) is 0 Å². The first-order valence-corrected chi connectivity index (χ1v) is 11.7. The van der Waals surface area contributed by atoms with Gasteiger partial charge >= 0.3 is 6.18 Å². The maximum atomic E-state index is 13.7. The minimum atomic E-state index is -4.92. The number of hydrogen-bond donors (Lipinski definition) is 2. The zero-order valence-electron chi connectivity index (χ0n) is 17.6. The third kappa shape index (κ3) is 4.74. The molecular formula is C25H19F3N2O3S. The lowest BCUT2D eigenvalue weighted by Crippen LogP contribution is -2.24. The average molecular weight is 484 g/mol. The van der Waals surface area contributed by atoms with E-state index < -0.39 is 38.9 Å². The van der Waals surface area contributed by atoms with E-state index in [2.05, 4.69) is 10.6 Å². The van der Waals surface area contributed by atoms with Gasteiger partial charge in [-0.1, -0.05) is 60.7 Å². The molecular weight excluding hydrogens is 465 g/mol. The van der Waals surface area contributed by atoms with Crippen molar-refractivity contribution in [1.29, 1.82) is 0 Å². The highest BCUT2D eigenvalue weighted by molar-refractivity contribution is 7.91. The van der Waals surface area contributed by atoms with Gasteiger partial charge in [0.05, 0.1) is 22.7 Å². The lowest BCUT2D eigenvalue weighted by molar-refractivity contribution is -0.139. The molecule has 0 aliphatic rings. The molecule has 0 radical (unpaired) electrons. The van der Waals surface area contributed by atoms with Gasteiger partial charge in [-0.25, -0.2) is 8.42 Å². The highest BCUT2D eigenvalue weighted by Gasteiger charge is 2.39. The number of alkyl halides is 3. The highest BCUT2D eigenvalue weighted by Crippen LogP contribution is 2.40. The van der Waals surface area contributed by atoms with Crippen LogP contribution in [0.3, 0.4) is 0 Å². The van der Waals surface area contributed by atoms with E-state index in [1.54, 1.807) is 18.2 Å². The van der Waals surface area contributed by atoms with Crippen molar-refractivity contribution in [3.05, 3.63) is 96.6 Å². The molecule has 0 saturated heterocycles. The van der Waals surface area contributed by atoms with Crippen LogP contribution in [0.15, 0.2) is 101 Å². The number of amides is 1. The molecule has 0 saturated carbocycles. The second kappa shape index (κ2) is 9.18. The van der Waals surface area contributed by atoms with E-state index in [1.807, 2.05) is 30.3 Å². The third-order valence-corrected chi connectivity index (χ3v) is 7.02. The Kier molecular flexibility index (Phi) is 6.30. The number of halogens is 3. The molecule has 4 aromatic carbocycles. The minimum absolute atomic E-state index is 0.282. The number of hydrogen-bond acceptors (Lipinski definition) is 4. The van der Waals surface area contributed by atoms with Gasteiger partial charge in [-0.2, -0.15) is 13.2 Å². The van der Waals surface area contributed by atoms with Gasteiger partial charge in [0.2, 0.25) is 15.7 Å². The SMILES string of the molecule is O=C(CNc1cccc(C(F)(F)F)c1S(=O)(=O)c1ccccc1)Nc1cccc2ccccc12. The van der Waals surface area contributed by atoms with Gasteiger partial charge in [-0.3, -0.25) is 4.79 Å². The van der Waals surface area contributed by atoms with Gasteiger partial charge < -0.3 is 10.6 Å². The Hall–Kier alpha value is -3.85. The third-order valence-electron chi connectivity index (χ3n) is 5.15. The molecule has 0 fully saturated rings. The first kappa shape index (κ1) is 23.3. The summed E-state index contributed by atoms with van der Waals surface area (Å²) in [5.74, 6) is -0.545. The van der Waals surface area contributed by atoms with Gasteiger partial charge in [-0.05, 0) is 35.7 Å². The van der Waals surface area contributed by atoms with Crippen molar-refractivity contribution in [2.24, 2.45) is 0 Å². The van der Waals surface area contributed by atoms with Crippen molar-refractivity contribution >= 4 is 37.9 Å². The molecule has 0 atom stereocenters. The van der Waals surface area contributed by atoms with E-state index in [1.165, 1.54) is 30.3 Å². The highest BCUT2D eigenvalue weighted by atomic mass is 32.2. The maximum Gasteiger partial charge on any atom is 0.417 e. The molecule has 4 aromatic rings. The fourth-order valence-corrected chi connectivity index (χ4v) is 5.26. The normalized spacial score (nSPS) is 11.9. The molecule has 0 aliphatic heterocycles. The zero-order chi connectivity index (χ0) is 24.3. The van der Waals surface area contributed by atoms with E-state index in [-0.39, 0.29) is 10.6 Å². The second-order valence-electron chi connectivity index (χ2n) is 7.42. The Morgan fingerprint density at radius 2 is 1.38 bits per heavy atom. The molecule has 5 nitrogen and oxygen atoms in total. The molecule has 9 heteroatoms. The number of benzene rings is 4. The van der Waals surface area contributed by atoms with Crippen LogP contribution in [0.5, 0.6) is 0 Å². The monoisotopic (exact) mass is 484 g/mol. The van der Waals surface area contributed by atoms with Crippen LogP contribution in [0, 0.1) is 0 Å². The first-order chi connectivity index (χ1) is 16.2. The molecule has 0 aromatic heterocycles. The van der Waals surface area contributed by atoms with Crippen molar-refractivity contribution in [3.63, 3.8) is 0 Å². The molecule has 0 bridgehead atoms. The molecule has 2 N–H and O–H groups in total. The van der Waals surface area contributed by atoms with Crippen LogP contribution in [0.1, 0.15) is 5.56 Å². The van der Waals surface area contributed by atoms with Crippen LogP contribution >= 0.6 is 0 Å². The van der Waals surface area contributed by atoms with E-state index >= 15 is 0 Å². The zero-order valence-corrected chi connectivity index (χ0v) is 18.5. The molecule has 34 heavy (non-hydrogen) atoms. The minimum Gasteiger partial charge on any atom is -0.375 e. The van der Waals surface area contributed by atoms with Gasteiger partial charge in [0.15, 0.2) is 0 Å².